The van der Waals surface area contributed by atoms with Crippen molar-refractivity contribution in [2.75, 3.05) is 6.61 Å². The molecule has 2 atom stereocenters. The third-order valence-electron chi connectivity index (χ3n) is 3.10. The highest BCUT2D eigenvalue weighted by atomic mass is 16.3. The first kappa shape index (κ1) is 16.2. The van der Waals surface area contributed by atoms with Gasteiger partial charge in [-0.3, -0.25) is 9.59 Å². The number of aliphatic hydroxyl groups excluding tert-OH is 1. The van der Waals surface area contributed by atoms with Gasteiger partial charge in [-0.2, -0.15) is 0 Å². The summed E-state index contributed by atoms with van der Waals surface area (Å²) in [7, 11) is 0. The monoisotopic (exact) mass is 282 g/mol. The quantitative estimate of drug-likeness (QED) is 0.693. The van der Waals surface area contributed by atoms with E-state index in [-0.39, 0.29) is 30.4 Å². The van der Waals surface area contributed by atoms with Crippen LogP contribution in [0.15, 0.2) is 23.0 Å². The number of carbonyl (C=O) groups is 2. The van der Waals surface area contributed by atoms with Gasteiger partial charge in [0.15, 0.2) is 0 Å². The van der Waals surface area contributed by atoms with Crippen molar-refractivity contribution in [3.63, 3.8) is 0 Å². The van der Waals surface area contributed by atoms with E-state index in [9.17, 15) is 9.59 Å². The highest BCUT2D eigenvalue weighted by molar-refractivity contribution is 5.97. The largest absolute Gasteiger partial charge is 0.472 e. The summed E-state index contributed by atoms with van der Waals surface area (Å²) in [6, 6.07) is 0.765. The molecule has 3 N–H and O–H groups in total. The molecule has 0 spiro atoms. The van der Waals surface area contributed by atoms with Gasteiger partial charge in [0.25, 0.3) is 5.91 Å². The maximum Gasteiger partial charge on any atom is 0.255 e. The number of aliphatic hydroxyl groups is 1. The van der Waals surface area contributed by atoms with Gasteiger partial charge in [0.2, 0.25) is 5.91 Å². The maximum absolute atomic E-state index is 12.0. The summed E-state index contributed by atoms with van der Waals surface area (Å²) < 4.78 is 4.82. The van der Waals surface area contributed by atoms with Crippen molar-refractivity contribution >= 4 is 11.8 Å². The van der Waals surface area contributed by atoms with Crippen LogP contribution in [-0.2, 0) is 4.79 Å². The van der Waals surface area contributed by atoms with Gasteiger partial charge in [-0.15, -0.1) is 0 Å². The van der Waals surface area contributed by atoms with Gasteiger partial charge in [-0.25, -0.2) is 0 Å². The fourth-order valence-electron chi connectivity index (χ4n) is 1.76. The molecule has 0 radical (unpaired) electrons. The molecule has 0 saturated heterocycles. The minimum Gasteiger partial charge on any atom is -0.472 e. The van der Waals surface area contributed by atoms with Gasteiger partial charge in [0.05, 0.1) is 11.8 Å². The number of hydrogen-bond acceptors (Lipinski definition) is 4. The number of nitrogens with one attached hydrogen (secondary N) is 2. The highest BCUT2D eigenvalue weighted by Gasteiger charge is 2.21. The fraction of sp³-hybridized carbons (Fsp3) is 0.571. The lowest BCUT2D eigenvalue weighted by atomic mass is 10.0. The molecule has 2 unspecified atom stereocenters. The third-order valence-corrected chi connectivity index (χ3v) is 3.10. The van der Waals surface area contributed by atoms with Crippen molar-refractivity contribution < 1.29 is 19.1 Å². The molecule has 0 aliphatic heterocycles. The summed E-state index contributed by atoms with van der Waals surface area (Å²) in [5.74, 6) is -0.415. The van der Waals surface area contributed by atoms with Crippen molar-refractivity contribution in [2.45, 2.75) is 39.3 Å². The zero-order valence-corrected chi connectivity index (χ0v) is 12.1. The van der Waals surface area contributed by atoms with Crippen LogP contribution in [0.2, 0.25) is 0 Å². The molecule has 112 valence electrons. The van der Waals surface area contributed by atoms with E-state index in [1.807, 2.05) is 13.8 Å². The molecule has 6 nitrogen and oxygen atoms in total. The van der Waals surface area contributed by atoms with Gasteiger partial charge in [-0.05, 0) is 25.3 Å². The lowest BCUT2D eigenvalue weighted by molar-refractivity contribution is -0.123. The van der Waals surface area contributed by atoms with Crippen LogP contribution in [0.1, 0.15) is 37.6 Å². The Morgan fingerprint density at radius 2 is 2.00 bits per heavy atom. The number of carbonyl (C=O) groups excluding carboxylic acids is 2. The van der Waals surface area contributed by atoms with E-state index in [4.69, 9.17) is 9.52 Å². The molecule has 0 fully saturated rings. The van der Waals surface area contributed by atoms with E-state index in [0.29, 0.717) is 12.0 Å². The highest BCUT2D eigenvalue weighted by Crippen LogP contribution is 2.06. The normalized spacial score (nSPS) is 13.8. The second-order valence-electron chi connectivity index (χ2n) is 5.08. The first-order valence-electron chi connectivity index (χ1n) is 6.70. The van der Waals surface area contributed by atoms with E-state index in [0.717, 1.165) is 0 Å². The van der Waals surface area contributed by atoms with E-state index in [1.165, 1.54) is 18.6 Å². The van der Waals surface area contributed by atoms with E-state index in [2.05, 4.69) is 10.6 Å². The van der Waals surface area contributed by atoms with Gasteiger partial charge in [-0.1, -0.05) is 13.8 Å². The minimum absolute atomic E-state index is 0.0128. The lowest BCUT2D eigenvalue weighted by Gasteiger charge is -2.23. The Balaban J connectivity index is 2.52. The zero-order valence-electron chi connectivity index (χ0n) is 12.1. The number of rotatable bonds is 7. The van der Waals surface area contributed by atoms with Crippen LogP contribution in [-0.4, -0.2) is 35.6 Å². The Bertz CT molecular complexity index is 428. The van der Waals surface area contributed by atoms with E-state index < -0.39 is 6.04 Å². The lowest BCUT2D eigenvalue weighted by Crippen LogP contribution is -2.49. The van der Waals surface area contributed by atoms with Crippen molar-refractivity contribution in [3.8, 4) is 0 Å². The molecule has 1 aromatic rings. The molecule has 0 saturated carbocycles. The van der Waals surface area contributed by atoms with Crippen molar-refractivity contribution in [1.82, 2.24) is 10.6 Å². The molecular weight excluding hydrogens is 260 g/mol. The Kier molecular flexibility index (Phi) is 6.24. The molecule has 1 heterocycles. The SMILES string of the molecule is CC(NC(=O)c1ccoc1)C(=O)NC(CCO)C(C)C. The Morgan fingerprint density at radius 3 is 2.50 bits per heavy atom. The van der Waals surface area contributed by atoms with Gasteiger partial charge in [0.1, 0.15) is 12.3 Å². The summed E-state index contributed by atoms with van der Waals surface area (Å²) in [6.07, 6.45) is 3.21. The first-order valence-corrected chi connectivity index (χ1v) is 6.70. The zero-order chi connectivity index (χ0) is 15.1. The molecular formula is C14H22N2O4. The molecule has 0 aliphatic carbocycles. The molecule has 20 heavy (non-hydrogen) atoms. The van der Waals surface area contributed by atoms with Crippen LogP contribution in [0.25, 0.3) is 0 Å². The van der Waals surface area contributed by atoms with Crippen LogP contribution in [0.4, 0.5) is 0 Å². The maximum atomic E-state index is 12.0. The van der Waals surface area contributed by atoms with E-state index in [1.54, 1.807) is 6.92 Å². The van der Waals surface area contributed by atoms with Crippen LogP contribution in [0.3, 0.4) is 0 Å². The standard InChI is InChI=1S/C14H22N2O4/c1-9(2)12(4-6-17)16-13(18)10(3)15-14(19)11-5-7-20-8-11/h5,7-10,12,17H,4,6H2,1-3H3,(H,15,19)(H,16,18). The van der Waals surface area contributed by atoms with Crippen molar-refractivity contribution in [2.24, 2.45) is 5.92 Å². The molecule has 1 aromatic heterocycles. The molecule has 6 heteroatoms. The topological polar surface area (TPSA) is 91.6 Å². The molecule has 0 aromatic carbocycles. The van der Waals surface area contributed by atoms with Crippen LogP contribution in [0, 0.1) is 5.92 Å². The van der Waals surface area contributed by atoms with Gasteiger partial charge >= 0.3 is 0 Å². The number of hydrogen-bond donors (Lipinski definition) is 3. The van der Waals surface area contributed by atoms with Crippen molar-refractivity contribution in [1.29, 1.82) is 0 Å². The molecule has 0 aliphatic rings. The van der Waals surface area contributed by atoms with Crippen molar-refractivity contribution in [3.05, 3.63) is 24.2 Å². The second kappa shape index (κ2) is 7.69. The number of amides is 2. The van der Waals surface area contributed by atoms with Gasteiger partial charge in [0, 0.05) is 12.6 Å². The van der Waals surface area contributed by atoms with Crippen LogP contribution in [0.5, 0.6) is 0 Å². The van der Waals surface area contributed by atoms with Crippen LogP contribution >= 0.6 is 0 Å². The van der Waals surface area contributed by atoms with E-state index >= 15 is 0 Å². The van der Waals surface area contributed by atoms with Gasteiger partial charge < -0.3 is 20.2 Å². The third kappa shape index (κ3) is 4.70. The smallest absolute Gasteiger partial charge is 0.255 e. The summed E-state index contributed by atoms with van der Waals surface area (Å²) >= 11 is 0. The average molecular weight is 282 g/mol. The Hall–Kier alpha value is -1.82. The predicted molar refractivity (Wildman–Crippen MR) is 74.1 cm³/mol. The summed E-state index contributed by atoms with van der Waals surface area (Å²) in [5.41, 5.74) is 0.375. The second-order valence-corrected chi connectivity index (χ2v) is 5.08. The molecule has 2 amide bonds. The summed E-state index contributed by atoms with van der Waals surface area (Å²) in [4.78, 5) is 23.8. The summed E-state index contributed by atoms with van der Waals surface area (Å²) in [5, 5.41) is 14.4. The predicted octanol–water partition coefficient (Wildman–Crippen LogP) is 0.921. The Labute approximate surface area is 118 Å². The minimum atomic E-state index is -0.655. The fourth-order valence-corrected chi connectivity index (χ4v) is 1.76. The Morgan fingerprint density at radius 1 is 1.30 bits per heavy atom. The molecule has 1 rings (SSSR count). The van der Waals surface area contributed by atoms with Crippen LogP contribution < -0.4 is 10.6 Å². The summed E-state index contributed by atoms with van der Waals surface area (Å²) in [6.45, 7) is 5.56. The first-order chi connectivity index (χ1) is 9.45. The molecule has 0 bridgehead atoms. The average Bonchev–Trinajstić information content (AvgIpc) is 2.91. The number of furan rings is 1.